The highest BCUT2D eigenvalue weighted by atomic mass is 79.9. The minimum atomic E-state index is 0.587. The van der Waals surface area contributed by atoms with E-state index in [4.69, 9.17) is 0 Å². The summed E-state index contributed by atoms with van der Waals surface area (Å²) in [5.74, 6) is 1.06. The van der Waals surface area contributed by atoms with Gasteiger partial charge >= 0.3 is 0 Å². The Morgan fingerprint density at radius 1 is 1.31 bits per heavy atom. The predicted octanol–water partition coefficient (Wildman–Crippen LogP) is 1.26. The van der Waals surface area contributed by atoms with Gasteiger partial charge in [-0.25, -0.2) is 0 Å². The van der Waals surface area contributed by atoms with Crippen molar-refractivity contribution in [3.63, 3.8) is 0 Å². The Balaban J connectivity index is 2.21. The molecule has 0 saturated heterocycles. The number of nitrogens with zero attached hydrogens (tertiary/aromatic N) is 4. The van der Waals surface area contributed by atoms with Crippen LogP contribution in [0.4, 0.5) is 0 Å². The monoisotopic (exact) mass is 244 g/mol. The van der Waals surface area contributed by atoms with Crippen molar-refractivity contribution >= 4 is 15.9 Å². The van der Waals surface area contributed by atoms with Crippen LogP contribution in [-0.4, -0.2) is 32.3 Å². The first kappa shape index (κ1) is 9.15. The Hall–Kier alpha value is -0.420. The molecule has 0 aliphatic carbocycles. The lowest BCUT2D eigenvalue weighted by Crippen LogP contribution is -2.38. The summed E-state index contributed by atoms with van der Waals surface area (Å²) in [6, 6.07) is 0.587. The molecule has 1 aromatic heterocycles. The third-order valence-corrected chi connectivity index (χ3v) is 3.05. The van der Waals surface area contributed by atoms with Crippen molar-refractivity contribution in [2.24, 2.45) is 0 Å². The van der Waals surface area contributed by atoms with Gasteiger partial charge in [-0.1, -0.05) is 0 Å². The first-order valence-corrected chi connectivity index (χ1v) is 5.29. The smallest absolute Gasteiger partial charge is 0.200 e. The van der Waals surface area contributed by atoms with Gasteiger partial charge in [0, 0.05) is 19.1 Å². The van der Waals surface area contributed by atoms with E-state index in [0.29, 0.717) is 6.04 Å². The van der Waals surface area contributed by atoms with Crippen LogP contribution in [0.2, 0.25) is 0 Å². The molecule has 0 unspecified atom stereocenters. The van der Waals surface area contributed by atoms with Gasteiger partial charge in [0.15, 0.2) is 4.73 Å². The van der Waals surface area contributed by atoms with E-state index in [-0.39, 0.29) is 0 Å². The third-order valence-electron chi connectivity index (χ3n) is 2.47. The van der Waals surface area contributed by atoms with Crippen molar-refractivity contribution in [1.82, 2.24) is 19.7 Å². The molecule has 0 aromatic carbocycles. The Labute approximate surface area is 86.1 Å². The molecule has 0 bridgehead atoms. The van der Waals surface area contributed by atoms with Crippen molar-refractivity contribution in [3.05, 3.63) is 10.6 Å². The Bertz CT molecular complexity index is 307. The van der Waals surface area contributed by atoms with Gasteiger partial charge in [-0.15, -0.1) is 10.2 Å². The van der Waals surface area contributed by atoms with Gasteiger partial charge in [-0.05, 0) is 29.8 Å². The van der Waals surface area contributed by atoms with Crippen LogP contribution in [0.5, 0.6) is 0 Å². The topological polar surface area (TPSA) is 34.0 Å². The fourth-order valence-electron chi connectivity index (χ4n) is 1.58. The highest BCUT2D eigenvalue weighted by molar-refractivity contribution is 9.10. The molecule has 0 N–H and O–H groups in total. The maximum Gasteiger partial charge on any atom is 0.200 e. The van der Waals surface area contributed by atoms with Crippen LogP contribution in [0.15, 0.2) is 4.73 Å². The summed E-state index contributed by atoms with van der Waals surface area (Å²) in [5, 5.41) is 8.11. The third kappa shape index (κ3) is 1.62. The van der Waals surface area contributed by atoms with Crippen LogP contribution in [-0.2, 0) is 13.1 Å². The number of hydrogen-bond acceptors (Lipinski definition) is 3. The minimum absolute atomic E-state index is 0.587. The zero-order valence-corrected chi connectivity index (χ0v) is 9.45. The Kier molecular flexibility index (Phi) is 2.38. The van der Waals surface area contributed by atoms with Crippen LogP contribution >= 0.6 is 15.9 Å². The fourth-order valence-corrected chi connectivity index (χ4v) is 2.04. The fraction of sp³-hybridized carbons (Fsp3) is 0.750. The standard InChI is InChI=1S/C8H13BrN4/c1-6(2)12-3-4-13-7(5-12)10-11-8(13)9/h6H,3-5H2,1-2H3. The molecule has 2 heterocycles. The summed E-state index contributed by atoms with van der Waals surface area (Å²) in [6.45, 7) is 7.40. The molecule has 4 nitrogen and oxygen atoms in total. The van der Waals surface area contributed by atoms with Gasteiger partial charge in [0.25, 0.3) is 0 Å². The summed E-state index contributed by atoms with van der Waals surface area (Å²) in [6.07, 6.45) is 0. The van der Waals surface area contributed by atoms with Crippen molar-refractivity contribution in [1.29, 1.82) is 0 Å². The van der Waals surface area contributed by atoms with Gasteiger partial charge in [0.1, 0.15) is 5.82 Å². The molecule has 0 saturated carbocycles. The number of halogens is 1. The van der Waals surface area contributed by atoms with Gasteiger partial charge < -0.3 is 4.57 Å². The maximum absolute atomic E-state index is 4.11. The van der Waals surface area contributed by atoms with Crippen molar-refractivity contribution in [3.8, 4) is 0 Å². The zero-order valence-electron chi connectivity index (χ0n) is 7.87. The van der Waals surface area contributed by atoms with E-state index in [1.165, 1.54) is 0 Å². The SMILES string of the molecule is CC(C)N1CCn2c(Br)nnc2C1. The first-order valence-electron chi connectivity index (χ1n) is 4.50. The summed E-state index contributed by atoms with van der Waals surface area (Å²) in [7, 11) is 0. The molecule has 5 heteroatoms. The molecular formula is C8H13BrN4. The Morgan fingerprint density at radius 3 is 2.77 bits per heavy atom. The minimum Gasteiger partial charge on any atom is -0.303 e. The quantitative estimate of drug-likeness (QED) is 0.747. The predicted molar refractivity (Wildman–Crippen MR) is 53.3 cm³/mol. The molecule has 72 valence electrons. The molecule has 1 aliphatic rings. The van der Waals surface area contributed by atoms with Crippen molar-refractivity contribution in [2.75, 3.05) is 6.54 Å². The van der Waals surface area contributed by atoms with Crippen molar-refractivity contribution in [2.45, 2.75) is 33.0 Å². The highest BCUT2D eigenvalue weighted by Gasteiger charge is 2.21. The van der Waals surface area contributed by atoms with Gasteiger partial charge in [-0.3, -0.25) is 4.90 Å². The molecule has 0 radical (unpaired) electrons. The summed E-state index contributed by atoms with van der Waals surface area (Å²) in [4.78, 5) is 2.40. The normalized spacial score (nSPS) is 17.8. The van der Waals surface area contributed by atoms with Crippen LogP contribution in [0.1, 0.15) is 19.7 Å². The van der Waals surface area contributed by atoms with Crippen molar-refractivity contribution < 1.29 is 0 Å². The van der Waals surface area contributed by atoms with Crippen LogP contribution in [0.3, 0.4) is 0 Å². The van der Waals surface area contributed by atoms with E-state index in [2.05, 4.69) is 49.4 Å². The average Bonchev–Trinajstić information content (AvgIpc) is 2.47. The molecule has 1 aliphatic heterocycles. The largest absolute Gasteiger partial charge is 0.303 e. The lowest BCUT2D eigenvalue weighted by atomic mass is 10.2. The van der Waals surface area contributed by atoms with E-state index >= 15 is 0 Å². The average molecular weight is 245 g/mol. The molecule has 13 heavy (non-hydrogen) atoms. The molecule has 0 fully saturated rings. The molecule has 1 aromatic rings. The molecular weight excluding hydrogens is 232 g/mol. The second-order valence-corrected chi connectivity index (χ2v) is 4.31. The molecule has 2 rings (SSSR count). The first-order chi connectivity index (χ1) is 6.18. The van der Waals surface area contributed by atoms with Crippen LogP contribution in [0, 0.1) is 0 Å². The lowest BCUT2D eigenvalue weighted by Gasteiger charge is -2.30. The highest BCUT2D eigenvalue weighted by Crippen LogP contribution is 2.17. The van der Waals surface area contributed by atoms with E-state index in [1.807, 2.05) is 0 Å². The number of hydrogen-bond donors (Lipinski definition) is 0. The molecule has 0 spiro atoms. The second kappa shape index (κ2) is 3.38. The Morgan fingerprint density at radius 2 is 2.08 bits per heavy atom. The summed E-state index contributed by atoms with van der Waals surface area (Å²) < 4.78 is 2.98. The van der Waals surface area contributed by atoms with Gasteiger partial charge in [0.05, 0.1) is 6.54 Å². The number of rotatable bonds is 1. The zero-order chi connectivity index (χ0) is 9.42. The van der Waals surface area contributed by atoms with E-state index in [9.17, 15) is 0 Å². The lowest BCUT2D eigenvalue weighted by molar-refractivity contribution is 0.172. The maximum atomic E-state index is 4.11. The van der Waals surface area contributed by atoms with Gasteiger partial charge in [-0.2, -0.15) is 0 Å². The van der Waals surface area contributed by atoms with E-state index in [0.717, 1.165) is 30.2 Å². The van der Waals surface area contributed by atoms with Gasteiger partial charge in [0.2, 0.25) is 0 Å². The van der Waals surface area contributed by atoms with E-state index in [1.54, 1.807) is 0 Å². The summed E-state index contributed by atoms with van der Waals surface area (Å²) in [5.41, 5.74) is 0. The van der Waals surface area contributed by atoms with Crippen LogP contribution in [0.25, 0.3) is 0 Å². The number of aromatic nitrogens is 3. The van der Waals surface area contributed by atoms with E-state index < -0.39 is 0 Å². The molecule has 0 atom stereocenters. The summed E-state index contributed by atoms with van der Waals surface area (Å²) >= 11 is 3.38. The number of fused-ring (bicyclic) bond motifs is 1. The van der Waals surface area contributed by atoms with Crippen LogP contribution < -0.4 is 0 Å². The molecule has 0 amide bonds. The second-order valence-electron chi connectivity index (χ2n) is 3.60.